The molecule has 1 heterocycles. The van der Waals surface area contributed by atoms with Crippen LogP contribution in [-0.2, 0) is 13.6 Å². The zero-order valence-electron chi connectivity index (χ0n) is 10.6. The van der Waals surface area contributed by atoms with Crippen LogP contribution in [0.3, 0.4) is 0 Å². The van der Waals surface area contributed by atoms with Crippen LogP contribution in [0, 0.1) is 6.92 Å². The number of phenolic OH excluding ortho intramolecular Hbond substituents is 1. The molecule has 1 amide bonds. The number of benzene rings is 1. The van der Waals surface area contributed by atoms with Crippen LogP contribution in [0.2, 0.25) is 0 Å². The number of aromatic hydroxyl groups is 1. The average molecular weight is 324 g/mol. The second-order valence-corrected chi connectivity index (χ2v) is 5.17. The molecule has 0 atom stereocenters. The summed E-state index contributed by atoms with van der Waals surface area (Å²) in [7, 11) is 1.83. The summed E-state index contributed by atoms with van der Waals surface area (Å²) in [6.07, 6.45) is 1.86. The summed E-state index contributed by atoms with van der Waals surface area (Å²) in [5, 5.41) is 16.6. The third-order valence-electron chi connectivity index (χ3n) is 2.76. The Hall–Kier alpha value is -1.82. The maximum atomic E-state index is 12.0. The van der Waals surface area contributed by atoms with Crippen molar-refractivity contribution in [2.75, 3.05) is 0 Å². The Balaban J connectivity index is 2.09. The van der Waals surface area contributed by atoms with Crippen LogP contribution in [0.15, 0.2) is 28.9 Å². The second kappa shape index (κ2) is 5.44. The maximum absolute atomic E-state index is 12.0. The molecular formula is C13H14BrN3O2. The van der Waals surface area contributed by atoms with Crippen molar-refractivity contribution in [2.45, 2.75) is 13.5 Å². The molecule has 0 radical (unpaired) electrons. The minimum atomic E-state index is -0.318. The average Bonchev–Trinajstić information content (AvgIpc) is 2.68. The van der Waals surface area contributed by atoms with Gasteiger partial charge in [0.05, 0.1) is 11.3 Å². The zero-order valence-corrected chi connectivity index (χ0v) is 12.2. The summed E-state index contributed by atoms with van der Waals surface area (Å²) in [6.45, 7) is 2.27. The van der Waals surface area contributed by atoms with Crippen LogP contribution >= 0.6 is 15.9 Å². The van der Waals surface area contributed by atoms with E-state index >= 15 is 0 Å². The molecule has 100 valence electrons. The summed E-state index contributed by atoms with van der Waals surface area (Å²) in [4.78, 5) is 12.0. The van der Waals surface area contributed by atoms with Crippen molar-refractivity contribution < 1.29 is 9.90 Å². The van der Waals surface area contributed by atoms with E-state index in [1.807, 2.05) is 20.2 Å². The SMILES string of the molecule is Cc1nn(C)cc1CNC(=O)c1cc(Br)ccc1O. The van der Waals surface area contributed by atoms with E-state index < -0.39 is 0 Å². The molecule has 1 aromatic heterocycles. The number of aryl methyl sites for hydroxylation is 2. The molecule has 0 saturated heterocycles. The van der Waals surface area contributed by atoms with Crippen molar-refractivity contribution in [1.29, 1.82) is 0 Å². The van der Waals surface area contributed by atoms with Gasteiger partial charge in [0.1, 0.15) is 5.75 Å². The van der Waals surface area contributed by atoms with E-state index in [4.69, 9.17) is 0 Å². The summed E-state index contributed by atoms with van der Waals surface area (Å²) in [5.41, 5.74) is 2.07. The first kappa shape index (κ1) is 13.6. The molecule has 0 saturated carbocycles. The third kappa shape index (κ3) is 3.14. The molecule has 0 bridgehead atoms. The van der Waals surface area contributed by atoms with E-state index in [-0.39, 0.29) is 17.2 Å². The van der Waals surface area contributed by atoms with Crippen molar-refractivity contribution in [3.8, 4) is 5.75 Å². The number of nitrogens with one attached hydrogen (secondary N) is 1. The third-order valence-corrected chi connectivity index (χ3v) is 3.25. The van der Waals surface area contributed by atoms with Gasteiger partial charge in [0.2, 0.25) is 0 Å². The highest BCUT2D eigenvalue weighted by Gasteiger charge is 2.12. The molecule has 0 aliphatic rings. The summed E-state index contributed by atoms with van der Waals surface area (Å²) >= 11 is 3.27. The molecule has 6 heteroatoms. The van der Waals surface area contributed by atoms with Crippen LogP contribution in [0.1, 0.15) is 21.6 Å². The quantitative estimate of drug-likeness (QED) is 0.909. The van der Waals surface area contributed by atoms with Gasteiger partial charge in [-0.1, -0.05) is 15.9 Å². The highest BCUT2D eigenvalue weighted by atomic mass is 79.9. The van der Waals surface area contributed by atoms with Crippen molar-refractivity contribution in [2.24, 2.45) is 7.05 Å². The van der Waals surface area contributed by atoms with Crippen molar-refractivity contribution in [3.05, 3.63) is 45.7 Å². The van der Waals surface area contributed by atoms with Gasteiger partial charge in [0.25, 0.3) is 5.91 Å². The van der Waals surface area contributed by atoms with Gasteiger partial charge in [0, 0.05) is 29.8 Å². The van der Waals surface area contributed by atoms with Gasteiger partial charge in [-0.15, -0.1) is 0 Å². The first-order valence-corrected chi connectivity index (χ1v) is 6.52. The topological polar surface area (TPSA) is 67.2 Å². The Labute approximate surface area is 119 Å². The highest BCUT2D eigenvalue weighted by molar-refractivity contribution is 9.10. The fourth-order valence-electron chi connectivity index (χ4n) is 1.78. The lowest BCUT2D eigenvalue weighted by molar-refractivity contribution is 0.0948. The molecule has 0 aliphatic carbocycles. The lowest BCUT2D eigenvalue weighted by atomic mass is 10.2. The number of hydrogen-bond acceptors (Lipinski definition) is 3. The van der Waals surface area contributed by atoms with Gasteiger partial charge in [-0.25, -0.2) is 0 Å². The number of nitrogens with zero attached hydrogens (tertiary/aromatic N) is 2. The van der Waals surface area contributed by atoms with Gasteiger partial charge in [-0.05, 0) is 25.1 Å². The molecule has 5 nitrogen and oxygen atoms in total. The number of hydrogen-bond donors (Lipinski definition) is 2. The molecular weight excluding hydrogens is 310 g/mol. The predicted octanol–water partition coefficient (Wildman–Crippen LogP) is 2.13. The summed E-state index contributed by atoms with van der Waals surface area (Å²) in [6, 6.07) is 4.74. The molecule has 1 aromatic carbocycles. The lowest BCUT2D eigenvalue weighted by Gasteiger charge is -2.06. The number of carbonyl (C=O) groups is 1. The minimum absolute atomic E-state index is 0.0383. The monoisotopic (exact) mass is 323 g/mol. The molecule has 0 fully saturated rings. The zero-order chi connectivity index (χ0) is 14.0. The van der Waals surface area contributed by atoms with Crippen LogP contribution in [0.25, 0.3) is 0 Å². The number of carbonyl (C=O) groups excluding carboxylic acids is 1. The van der Waals surface area contributed by atoms with Crippen LogP contribution < -0.4 is 5.32 Å². The summed E-state index contributed by atoms with van der Waals surface area (Å²) < 4.78 is 2.45. The number of rotatable bonds is 3. The fraction of sp³-hybridized carbons (Fsp3) is 0.231. The van der Waals surface area contributed by atoms with E-state index in [0.717, 1.165) is 15.7 Å². The molecule has 2 N–H and O–H groups in total. The summed E-state index contributed by atoms with van der Waals surface area (Å²) in [5.74, 6) is -0.356. The van der Waals surface area contributed by atoms with Crippen molar-refractivity contribution in [1.82, 2.24) is 15.1 Å². The Morgan fingerprint density at radius 3 is 2.89 bits per heavy atom. The highest BCUT2D eigenvalue weighted by Crippen LogP contribution is 2.21. The van der Waals surface area contributed by atoms with Crippen LogP contribution in [0.5, 0.6) is 5.75 Å². The van der Waals surface area contributed by atoms with Crippen molar-refractivity contribution >= 4 is 21.8 Å². The first-order chi connectivity index (χ1) is 8.97. The van der Waals surface area contributed by atoms with Gasteiger partial charge in [-0.3, -0.25) is 9.48 Å². The van der Waals surface area contributed by atoms with Gasteiger partial charge < -0.3 is 10.4 Å². The van der Waals surface area contributed by atoms with Gasteiger partial charge >= 0.3 is 0 Å². The molecule has 0 spiro atoms. The number of halogens is 1. The molecule has 2 rings (SSSR count). The normalized spacial score (nSPS) is 10.5. The fourth-order valence-corrected chi connectivity index (χ4v) is 2.14. The molecule has 19 heavy (non-hydrogen) atoms. The van der Waals surface area contributed by atoms with E-state index in [1.165, 1.54) is 6.07 Å². The number of aromatic nitrogens is 2. The maximum Gasteiger partial charge on any atom is 0.255 e. The largest absolute Gasteiger partial charge is 0.507 e. The minimum Gasteiger partial charge on any atom is -0.507 e. The van der Waals surface area contributed by atoms with E-state index in [0.29, 0.717) is 6.54 Å². The Bertz CT molecular complexity index is 622. The van der Waals surface area contributed by atoms with Gasteiger partial charge in [-0.2, -0.15) is 5.10 Å². The number of phenols is 1. The standard InChI is InChI=1S/C13H14BrN3O2/c1-8-9(7-17(2)16-8)6-15-13(19)11-5-10(14)3-4-12(11)18/h3-5,7,18H,6H2,1-2H3,(H,15,19). The van der Waals surface area contributed by atoms with E-state index in [9.17, 15) is 9.90 Å². The number of amides is 1. The second-order valence-electron chi connectivity index (χ2n) is 4.26. The Kier molecular flexibility index (Phi) is 3.90. The molecule has 0 aliphatic heterocycles. The van der Waals surface area contributed by atoms with Gasteiger partial charge in [0.15, 0.2) is 0 Å². The Morgan fingerprint density at radius 1 is 1.53 bits per heavy atom. The smallest absolute Gasteiger partial charge is 0.255 e. The van der Waals surface area contributed by atoms with E-state index in [2.05, 4.69) is 26.3 Å². The van der Waals surface area contributed by atoms with Crippen LogP contribution in [-0.4, -0.2) is 20.8 Å². The molecule has 2 aromatic rings. The lowest BCUT2D eigenvalue weighted by Crippen LogP contribution is -2.23. The Morgan fingerprint density at radius 2 is 2.26 bits per heavy atom. The van der Waals surface area contributed by atoms with Crippen LogP contribution in [0.4, 0.5) is 0 Å². The van der Waals surface area contributed by atoms with Crippen molar-refractivity contribution in [3.63, 3.8) is 0 Å². The first-order valence-electron chi connectivity index (χ1n) is 5.73. The predicted molar refractivity (Wildman–Crippen MR) is 74.9 cm³/mol. The van der Waals surface area contributed by atoms with E-state index in [1.54, 1.807) is 16.8 Å². The molecule has 0 unspecified atom stereocenters.